The van der Waals surface area contributed by atoms with Gasteiger partial charge in [-0.25, -0.2) is 9.37 Å². The van der Waals surface area contributed by atoms with Crippen LogP contribution in [0.4, 0.5) is 16.2 Å². The molecule has 6 nitrogen and oxygen atoms in total. The van der Waals surface area contributed by atoms with E-state index >= 15 is 0 Å². The quantitative estimate of drug-likeness (QED) is 0.275. The first-order chi connectivity index (χ1) is 19.4. The highest BCUT2D eigenvalue weighted by atomic mass is 35.5. The lowest BCUT2D eigenvalue weighted by atomic mass is 9.48. The van der Waals surface area contributed by atoms with Gasteiger partial charge in [-0.15, -0.1) is 0 Å². The Morgan fingerprint density at radius 1 is 1.07 bits per heavy atom. The average molecular weight is 568 g/mol. The van der Waals surface area contributed by atoms with E-state index in [1.54, 1.807) is 0 Å². The number of nitrogens with zero attached hydrogens (tertiary/aromatic N) is 2. The molecule has 4 bridgehead atoms. The average Bonchev–Trinajstić information content (AvgIpc) is 2.96. The van der Waals surface area contributed by atoms with E-state index in [0.717, 1.165) is 37.4 Å². The van der Waals surface area contributed by atoms with Gasteiger partial charge in [0, 0.05) is 36.5 Å². The number of rotatable bonds is 11. The molecule has 5 aliphatic rings. The molecular weight excluding hydrogens is 525 g/mol. The lowest BCUT2D eigenvalue weighted by Crippen LogP contribution is -2.60. The number of ketones is 1. The summed E-state index contributed by atoms with van der Waals surface area (Å²) in [4.78, 5) is 20.7. The van der Waals surface area contributed by atoms with Crippen molar-refractivity contribution < 1.29 is 9.18 Å². The van der Waals surface area contributed by atoms with Crippen LogP contribution in [0.1, 0.15) is 76.7 Å². The molecule has 1 aromatic carbocycles. The molecule has 0 radical (unpaired) electrons. The fourth-order valence-corrected chi connectivity index (χ4v) is 8.89. The van der Waals surface area contributed by atoms with E-state index < -0.39 is 5.82 Å². The Morgan fingerprint density at radius 3 is 2.55 bits per heavy atom. The molecule has 5 atom stereocenters. The highest BCUT2D eigenvalue weighted by Crippen LogP contribution is 2.60. The molecule has 7 rings (SSSR count). The molecule has 3 N–H and O–H groups in total. The zero-order valence-corrected chi connectivity index (χ0v) is 24.4. The zero-order chi connectivity index (χ0) is 27.7. The molecule has 8 heteroatoms. The molecule has 1 heterocycles. The van der Waals surface area contributed by atoms with E-state index in [1.807, 2.05) is 31.2 Å². The SMILES string of the molecule is CCC(=O)C1CCC(CNC2[C@@H]3CC4C[C@H]2CC(CNc2nc(NCc5ccccc5Cl)ncc2F)(C4)C3)CC1. The number of aromatic nitrogens is 2. The van der Waals surface area contributed by atoms with Crippen LogP contribution in [0.2, 0.25) is 5.02 Å². The Hall–Kier alpha value is -2.25. The van der Waals surface area contributed by atoms with Gasteiger partial charge in [0.1, 0.15) is 5.78 Å². The van der Waals surface area contributed by atoms with Crippen molar-refractivity contribution in [2.45, 2.75) is 83.7 Å². The number of carbonyl (C=O) groups excluding carboxylic acids is 1. The first-order valence-corrected chi connectivity index (χ1v) is 15.8. The normalized spacial score (nSPS) is 32.7. The highest BCUT2D eigenvalue weighted by Gasteiger charge is 2.55. The number of nitrogens with one attached hydrogen (secondary N) is 3. The summed E-state index contributed by atoms with van der Waals surface area (Å²) in [6.07, 6.45) is 12.7. The van der Waals surface area contributed by atoms with Crippen molar-refractivity contribution in [2.24, 2.45) is 35.0 Å². The van der Waals surface area contributed by atoms with Crippen LogP contribution in [0.15, 0.2) is 30.5 Å². The first-order valence-electron chi connectivity index (χ1n) is 15.4. The number of carbonyl (C=O) groups is 1. The Labute approximate surface area is 242 Å². The summed E-state index contributed by atoms with van der Waals surface area (Å²) in [5, 5.41) is 11.3. The third kappa shape index (κ3) is 6.01. The molecule has 0 aliphatic heterocycles. The smallest absolute Gasteiger partial charge is 0.225 e. The second kappa shape index (κ2) is 11.9. The zero-order valence-electron chi connectivity index (χ0n) is 23.6. The summed E-state index contributed by atoms with van der Waals surface area (Å²) in [6, 6.07) is 8.25. The molecule has 0 saturated heterocycles. The standard InChI is InChI=1S/C32H43ClFN5O/c1-2-28(40)22-9-7-20(8-10-22)16-35-29-24-11-21-12-25(29)15-32(13-21,14-24)19-38-30-27(34)18-37-31(39-30)36-17-23-5-3-4-6-26(23)33/h3-6,18,20-22,24-25,29,35H,2,7-17,19H2,1H3,(H2,36,37,38,39)/t20?,21?,22?,24-,25+,29?,32?. The van der Waals surface area contributed by atoms with E-state index in [1.165, 1.54) is 51.1 Å². The van der Waals surface area contributed by atoms with Gasteiger partial charge in [0.15, 0.2) is 11.6 Å². The summed E-state index contributed by atoms with van der Waals surface area (Å²) in [5.41, 5.74) is 1.16. The van der Waals surface area contributed by atoms with Crippen LogP contribution < -0.4 is 16.0 Å². The summed E-state index contributed by atoms with van der Waals surface area (Å²) in [6.45, 7) is 4.33. The van der Waals surface area contributed by atoms with Gasteiger partial charge in [-0.3, -0.25) is 4.79 Å². The molecule has 0 spiro atoms. The maximum Gasteiger partial charge on any atom is 0.225 e. The lowest BCUT2D eigenvalue weighted by molar-refractivity contribution is -0.123. The van der Waals surface area contributed by atoms with Gasteiger partial charge >= 0.3 is 0 Å². The molecule has 0 amide bonds. The van der Waals surface area contributed by atoms with Crippen molar-refractivity contribution in [3.63, 3.8) is 0 Å². The van der Waals surface area contributed by atoms with Gasteiger partial charge in [0.2, 0.25) is 5.95 Å². The topological polar surface area (TPSA) is 78.9 Å². The van der Waals surface area contributed by atoms with Crippen molar-refractivity contribution in [1.82, 2.24) is 15.3 Å². The van der Waals surface area contributed by atoms with Gasteiger partial charge < -0.3 is 16.0 Å². The van der Waals surface area contributed by atoms with E-state index in [4.69, 9.17) is 11.6 Å². The van der Waals surface area contributed by atoms with Gasteiger partial charge in [-0.05, 0) is 105 Å². The third-order valence-electron chi connectivity index (χ3n) is 10.5. The predicted molar refractivity (Wildman–Crippen MR) is 158 cm³/mol. The summed E-state index contributed by atoms with van der Waals surface area (Å²) >= 11 is 6.27. The van der Waals surface area contributed by atoms with Crippen LogP contribution in [0.25, 0.3) is 0 Å². The van der Waals surface area contributed by atoms with Crippen LogP contribution >= 0.6 is 11.6 Å². The van der Waals surface area contributed by atoms with Crippen LogP contribution in [0, 0.1) is 40.8 Å². The van der Waals surface area contributed by atoms with Crippen molar-refractivity contribution in [3.05, 3.63) is 46.9 Å². The van der Waals surface area contributed by atoms with Gasteiger partial charge in [0.05, 0.1) is 6.20 Å². The van der Waals surface area contributed by atoms with Gasteiger partial charge in [0.25, 0.3) is 0 Å². The Morgan fingerprint density at radius 2 is 1.82 bits per heavy atom. The molecule has 2 aromatic rings. The van der Waals surface area contributed by atoms with Crippen molar-refractivity contribution >= 4 is 29.2 Å². The second-order valence-electron chi connectivity index (χ2n) is 13.1. The Kier molecular flexibility index (Phi) is 8.32. The minimum atomic E-state index is -0.414. The van der Waals surface area contributed by atoms with E-state index in [2.05, 4.69) is 25.9 Å². The lowest BCUT2D eigenvalue weighted by Gasteiger charge is -2.60. The molecule has 5 fully saturated rings. The number of hydrogen-bond acceptors (Lipinski definition) is 6. The Balaban J connectivity index is 1.03. The minimum Gasteiger partial charge on any atom is -0.367 e. The van der Waals surface area contributed by atoms with Gasteiger partial charge in [-0.2, -0.15) is 4.98 Å². The molecule has 5 aliphatic carbocycles. The fraction of sp³-hybridized carbons (Fsp3) is 0.656. The number of hydrogen-bond donors (Lipinski definition) is 3. The molecule has 3 unspecified atom stereocenters. The van der Waals surface area contributed by atoms with E-state index in [-0.39, 0.29) is 11.2 Å². The fourth-order valence-electron chi connectivity index (χ4n) is 8.69. The molecular formula is C32H43ClFN5O. The molecule has 5 saturated carbocycles. The maximum atomic E-state index is 14.7. The first kappa shape index (κ1) is 27.9. The van der Waals surface area contributed by atoms with Crippen molar-refractivity contribution in [1.29, 1.82) is 0 Å². The maximum absolute atomic E-state index is 14.7. The number of anilines is 2. The van der Waals surface area contributed by atoms with E-state index in [9.17, 15) is 9.18 Å². The van der Waals surface area contributed by atoms with Crippen LogP contribution in [0.5, 0.6) is 0 Å². The Bertz CT molecular complexity index is 1190. The number of benzene rings is 1. The molecule has 40 heavy (non-hydrogen) atoms. The highest BCUT2D eigenvalue weighted by molar-refractivity contribution is 6.31. The van der Waals surface area contributed by atoms with E-state index in [0.29, 0.717) is 59.4 Å². The summed E-state index contributed by atoms with van der Waals surface area (Å²) < 4.78 is 14.7. The summed E-state index contributed by atoms with van der Waals surface area (Å²) in [7, 11) is 0. The number of halogens is 2. The van der Waals surface area contributed by atoms with Crippen molar-refractivity contribution in [2.75, 3.05) is 23.7 Å². The largest absolute Gasteiger partial charge is 0.367 e. The van der Waals surface area contributed by atoms with Gasteiger partial charge in [-0.1, -0.05) is 36.7 Å². The van der Waals surface area contributed by atoms with Crippen LogP contribution in [-0.2, 0) is 11.3 Å². The second-order valence-corrected chi connectivity index (χ2v) is 13.5. The molecule has 216 valence electrons. The predicted octanol–water partition coefficient (Wildman–Crippen LogP) is 6.86. The monoisotopic (exact) mass is 567 g/mol. The summed E-state index contributed by atoms with van der Waals surface area (Å²) in [5.74, 6) is 3.92. The van der Waals surface area contributed by atoms with Crippen LogP contribution in [-0.4, -0.2) is 34.9 Å². The van der Waals surface area contributed by atoms with Crippen molar-refractivity contribution in [3.8, 4) is 0 Å². The minimum absolute atomic E-state index is 0.218. The third-order valence-corrected chi connectivity index (χ3v) is 10.8. The number of Topliss-reactive ketones (excluding diaryl/α,β-unsaturated/α-hetero) is 1. The van der Waals surface area contributed by atoms with Crippen LogP contribution in [0.3, 0.4) is 0 Å². The molecule has 1 aromatic heterocycles.